The number of carbonyl (C=O) groups excluding carboxylic acids is 1. The van der Waals surface area contributed by atoms with Crippen LogP contribution in [0.4, 0.5) is 0 Å². The number of rotatable bonds is 14. The molecule has 1 fully saturated rings. The van der Waals surface area contributed by atoms with Gasteiger partial charge in [0.1, 0.15) is 0 Å². The zero-order chi connectivity index (χ0) is 17.0. The third kappa shape index (κ3) is 6.99. The molecule has 0 N–H and O–H groups in total. The highest BCUT2D eigenvalue weighted by molar-refractivity contribution is 5.74. The maximum Gasteiger partial charge on any atom is 0.309 e. The highest BCUT2D eigenvalue weighted by Gasteiger charge is 2.40. The van der Waals surface area contributed by atoms with Gasteiger partial charge < -0.3 is 4.74 Å². The van der Waals surface area contributed by atoms with Crippen molar-refractivity contribution in [2.75, 3.05) is 6.61 Å². The molecule has 0 aliphatic heterocycles. The Bertz CT molecular complexity index is 374. The monoisotopic (exact) mass is 334 g/mol. The van der Waals surface area contributed by atoms with Crippen molar-refractivity contribution in [3.05, 3.63) is 12.2 Å². The Morgan fingerprint density at radius 2 is 1.42 bits per heavy atom. The predicted molar refractivity (Wildman–Crippen MR) is 101 cm³/mol. The van der Waals surface area contributed by atoms with Crippen molar-refractivity contribution < 1.29 is 9.53 Å². The van der Waals surface area contributed by atoms with Crippen molar-refractivity contribution in [3.63, 3.8) is 0 Å². The summed E-state index contributed by atoms with van der Waals surface area (Å²) in [7, 11) is 0. The fraction of sp³-hybridized carbons (Fsp3) is 0.864. The Kier molecular flexibility index (Phi) is 9.53. The van der Waals surface area contributed by atoms with E-state index in [4.69, 9.17) is 4.74 Å². The molecule has 2 aliphatic rings. The van der Waals surface area contributed by atoms with E-state index < -0.39 is 0 Å². The average molecular weight is 335 g/mol. The lowest BCUT2D eigenvalue weighted by Crippen LogP contribution is -2.21. The summed E-state index contributed by atoms with van der Waals surface area (Å²) in [5.74, 6) is 1.36. The molecule has 1 saturated carbocycles. The van der Waals surface area contributed by atoms with E-state index in [1.807, 2.05) is 0 Å². The lowest BCUT2D eigenvalue weighted by molar-refractivity contribution is -0.149. The summed E-state index contributed by atoms with van der Waals surface area (Å²) in [5.41, 5.74) is 0. The highest BCUT2D eigenvalue weighted by Crippen LogP contribution is 2.43. The second-order valence-corrected chi connectivity index (χ2v) is 7.94. The number of allylic oxidation sites excluding steroid dienone is 2. The number of unbranched alkanes of at least 4 members (excludes halogenated alkanes) is 11. The summed E-state index contributed by atoms with van der Waals surface area (Å²) in [6.45, 7) is 2.91. The molecule has 2 rings (SSSR count). The lowest BCUT2D eigenvalue weighted by atomic mass is 9.94. The molecule has 2 bridgehead atoms. The fourth-order valence-electron chi connectivity index (χ4n) is 4.27. The molecule has 3 atom stereocenters. The van der Waals surface area contributed by atoms with Gasteiger partial charge in [-0.25, -0.2) is 0 Å². The minimum absolute atomic E-state index is 0.0647. The van der Waals surface area contributed by atoms with Gasteiger partial charge in [0.15, 0.2) is 0 Å². The zero-order valence-corrected chi connectivity index (χ0v) is 15.8. The summed E-state index contributed by atoms with van der Waals surface area (Å²) >= 11 is 0. The maximum atomic E-state index is 12.1. The lowest BCUT2D eigenvalue weighted by Gasteiger charge is -2.16. The normalized spacial score (nSPS) is 24.6. The molecule has 0 aromatic heterocycles. The molecule has 0 spiro atoms. The van der Waals surface area contributed by atoms with Crippen molar-refractivity contribution in [1.29, 1.82) is 0 Å². The summed E-state index contributed by atoms with van der Waals surface area (Å²) in [6.07, 6.45) is 22.8. The first kappa shape index (κ1) is 19.5. The molecule has 24 heavy (non-hydrogen) atoms. The fourth-order valence-corrected chi connectivity index (χ4v) is 4.27. The van der Waals surface area contributed by atoms with E-state index in [0.717, 1.165) is 12.8 Å². The van der Waals surface area contributed by atoms with E-state index in [0.29, 0.717) is 18.4 Å². The molecule has 0 aromatic rings. The minimum Gasteiger partial charge on any atom is -0.465 e. The van der Waals surface area contributed by atoms with Gasteiger partial charge in [-0.2, -0.15) is 0 Å². The van der Waals surface area contributed by atoms with Gasteiger partial charge in [0.25, 0.3) is 0 Å². The first-order valence-corrected chi connectivity index (χ1v) is 10.7. The van der Waals surface area contributed by atoms with Crippen LogP contribution < -0.4 is 0 Å². The van der Waals surface area contributed by atoms with Crippen LogP contribution in [0.25, 0.3) is 0 Å². The van der Waals surface area contributed by atoms with Gasteiger partial charge in [-0.3, -0.25) is 4.79 Å². The topological polar surface area (TPSA) is 26.3 Å². The first-order valence-electron chi connectivity index (χ1n) is 10.7. The van der Waals surface area contributed by atoms with Gasteiger partial charge in [0, 0.05) is 0 Å². The van der Waals surface area contributed by atoms with Crippen LogP contribution in [0.3, 0.4) is 0 Å². The molecule has 2 heteroatoms. The number of fused-ring (bicyclic) bond motifs is 2. The largest absolute Gasteiger partial charge is 0.465 e. The minimum atomic E-state index is 0.0647. The van der Waals surface area contributed by atoms with Crippen molar-refractivity contribution in [1.82, 2.24) is 0 Å². The Balaban J connectivity index is 1.32. The second-order valence-electron chi connectivity index (χ2n) is 7.94. The summed E-state index contributed by atoms with van der Waals surface area (Å²) in [5, 5.41) is 0. The number of ether oxygens (including phenoxy) is 1. The summed E-state index contributed by atoms with van der Waals surface area (Å²) in [6, 6.07) is 0. The third-order valence-electron chi connectivity index (χ3n) is 5.82. The van der Waals surface area contributed by atoms with E-state index in [1.54, 1.807) is 0 Å². The first-order chi connectivity index (χ1) is 11.8. The Hall–Kier alpha value is -0.790. The van der Waals surface area contributed by atoms with Crippen LogP contribution in [0.2, 0.25) is 0 Å². The van der Waals surface area contributed by atoms with Gasteiger partial charge >= 0.3 is 5.97 Å². The van der Waals surface area contributed by atoms with Gasteiger partial charge in [-0.15, -0.1) is 0 Å². The molecule has 138 valence electrons. The van der Waals surface area contributed by atoms with Crippen molar-refractivity contribution in [3.8, 4) is 0 Å². The van der Waals surface area contributed by atoms with Gasteiger partial charge in [0.2, 0.25) is 0 Å². The van der Waals surface area contributed by atoms with Crippen molar-refractivity contribution in [2.45, 2.75) is 96.8 Å². The molecule has 0 amide bonds. The van der Waals surface area contributed by atoms with Crippen LogP contribution in [0.1, 0.15) is 96.8 Å². The quantitative estimate of drug-likeness (QED) is 0.207. The zero-order valence-electron chi connectivity index (χ0n) is 15.8. The summed E-state index contributed by atoms with van der Waals surface area (Å²) < 4.78 is 5.50. The van der Waals surface area contributed by atoms with Crippen LogP contribution in [-0.2, 0) is 9.53 Å². The van der Waals surface area contributed by atoms with Crippen LogP contribution >= 0.6 is 0 Å². The van der Waals surface area contributed by atoms with Crippen LogP contribution in [0.15, 0.2) is 12.2 Å². The smallest absolute Gasteiger partial charge is 0.309 e. The Labute approximate surface area is 149 Å². The Morgan fingerprint density at radius 1 is 0.833 bits per heavy atom. The maximum absolute atomic E-state index is 12.1. The average Bonchev–Trinajstić information content (AvgIpc) is 3.22. The van der Waals surface area contributed by atoms with Gasteiger partial charge in [0.05, 0.1) is 12.5 Å². The molecule has 0 heterocycles. The van der Waals surface area contributed by atoms with E-state index in [1.165, 1.54) is 77.0 Å². The standard InChI is InChI=1S/C22H38O2/c1-2-3-4-5-6-7-8-9-10-11-12-13-16-24-22(23)21-18-19-14-15-20(21)17-19/h14-15,19-21H,2-13,16-18H2,1H3. The van der Waals surface area contributed by atoms with Crippen molar-refractivity contribution >= 4 is 5.97 Å². The molecule has 0 aromatic carbocycles. The SMILES string of the molecule is CCCCCCCCCCCCCCOC(=O)C1CC2C=CC1C2. The third-order valence-corrected chi connectivity index (χ3v) is 5.82. The van der Waals surface area contributed by atoms with Gasteiger partial charge in [-0.1, -0.05) is 89.7 Å². The number of hydrogen-bond donors (Lipinski definition) is 0. The molecule has 0 saturated heterocycles. The van der Waals surface area contributed by atoms with E-state index in [2.05, 4.69) is 19.1 Å². The van der Waals surface area contributed by atoms with Gasteiger partial charge in [-0.05, 0) is 31.1 Å². The van der Waals surface area contributed by atoms with E-state index >= 15 is 0 Å². The second kappa shape index (κ2) is 11.7. The molecular weight excluding hydrogens is 296 g/mol. The number of hydrogen-bond acceptors (Lipinski definition) is 2. The Morgan fingerprint density at radius 3 is 1.92 bits per heavy atom. The van der Waals surface area contributed by atoms with Crippen LogP contribution in [-0.4, -0.2) is 12.6 Å². The van der Waals surface area contributed by atoms with Crippen LogP contribution in [0, 0.1) is 17.8 Å². The van der Waals surface area contributed by atoms with E-state index in [-0.39, 0.29) is 11.9 Å². The number of carbonyl (C=O) groups is 1. The molecule has 2 nitrogen and oxygen atoms in total. The highest BCUT2D eigenvalue weighted by atomic mass is 16.5. The molecule has 3 unspecified atom stereocenters. The molecule has 0 radical (unpaired) electrons. The van der Waals surface area contributed by atoms with E-state index in [9.17, 15) is 4.79 Å². The van der Waals surface area contributed by atoms with Crippen molar-refractivity contribution in [2.24, 2.45) is 17.8 Å². The predicted octanol–water partition coefficient (Wildman–Crippen LogP) is 6.44. The number of esters is 1. The van der Waals surface area contributed by atoms with Crippen LogP contribution in [0.5, 0.6) is 0 Å². The molecule has 2 aliphatic carbocycles. The molecular formula is C22H38O2. The summed E-state index contributed by atoms with van der Waals surface area (Å²) in [4.78, 5) is 12.1.